The molecule has 0 bridgehead atoms. The molecule has 0 radical (unpaired) electrons. The summed E-state index contributed by atoms with van der Waals surface area (Å²) >= 11 is 0. The summed E-state index contributed by atoms with van der Waals surface area (Å²) in [5.74, 6) is 0.228. The van der Waals surface area contributed by atoms with E-state index in [0.717, 1.165) is 6.29 Å². The van der Waals surface area contributed by atoms with Crippen molar-refractivity contribution in [3.63, 3.8) is 0 Å². The number of hydrogen-bond donors (Lipinski definition) is 2. The Labute approximate surface area is 91.6 Å². The number of nitrogens with two attached hydrogens (primary N) is 1. The van der Waals surface area contributed by atoms with Gasteiger partial charge in [-0.3, -0.25) is 4.79 Å². The maximum atomic E-state index is 11.6. The van der Waals surface area contributed by atoms with Gasteiger partial charge >= 0.3 is 0 Å². The fourth-order valence-corrected chi connectivity index (χ4v) is 1.24. The molecule has 2 atom stereocenters. The molecule has 4 nitrogen and oxygen atoms in total. The maximum Gasteiger partial charge on any atom is 0.237 e. The lowest BCUT2D eigenvalue weighted by Gasteiger charge is -2.20. The van der Waals surface area contributed by atoms with Crippen LogP contribution < -0.4 is 11.1 Å². The van der Waals surface area contributed by atoms with Crippen LogP contribution in [-0.2, 0) is 9.59 Å². The molecule has 0 aromatic heterocycles. The molecule has 0 heterocycles. The van der Waals surface area contributed by atoms with E-state index < -0.39 is 12.1 Å². The second-order valence-corrected chi connectivity index (χ2v) is 4.65. The largest absolute Gasteiger partial charge is 0.345 e. The van der Waals surface area contributed by atoms with E-state index in [4.69, 9.17) is 5.73 Å². The van der Waals surface area contributed by atoms with Crippen molar-refractivity contribution in [2.45, 2.75) is 46.2 Å². The lowest BCUT2D eigenvalue weighted by molar-refractivity contribution is -0.126. The van der Waals surface area contributed by atoms with Gasteiger partial charge in [-0.2, -0.15) is 0 Å². The number of hydrogen-bond acceptors (Lipinski definition) is 3. The highest BCUT2D eigenvalue weighted by Crippen LogP contribution is 2.04. The van der Waals surface area contributed by atoms with E-state index in [2.05, 4.69) is 5.32 Å². The first-order valence-corrected chi connectivity index (χ1v) is 5.39. The molecule has 88 valence electrons. The van der Waals surface area contributed by atoms with Crippen molar-refractivity contribution in [3.05, 3.63) is 0 Å². The highest BCUT2D eigenvalue weighted by atomic mass is 16.2. The van der Waals surface area contributed by atoms with Crippen LogP contribution in [0.4, 0.5) is 0 Å². The van der Waals surface area contributed by atoms with Gasteiger partial charge in [0.05, 0.1) is 12.1 Å². The van der Waals surface area contributed by atoms with E-state index in [9.17, 15) is 9.59 Å². The van der Waals surface area contributed by atoms with Crippen molar-refractivity contribution in [2.24, 2.45) is 17.6 Å². The molecule has 0 aliphatic carbocycles. The molecule has 0 aliphatic heterocycles. The molecule has 0 saturated carbocycles. The Hall–Kier alpha value is -0.900. The van der Waals surface area contributed by atoms with Gasteiger partial charge in [-0.05, 0) is 18.3 Å². The minimum atomic E-state index is -0.522. The van der Waals surface area contributed by atoms with Crippen molar-refractivity contribution in [1.82, 2.24) is 5.32 Å². The average molecular weight is 214 g/mol. The molecule has 0 fully saturated rings. The van der Waals surface area contributed by atoms with Crippen LogP contribution in [0.5, 0.6) is 0 Å². The van der Waals surface area contributed by atoms with Crippen LogP contribution in [0.2, 0.25) is 0 Å². The lowest BCUT2D eigenvalue weighted by atomic mass is 10.0. The minimum Gasteiger partial charge on any atom is -0.345 e. The number of carbonyl (C=O) groups excluding carboxylic acids is 2. The van der Waals surface area contributed by atoms with E-state index >= 15 is 0 Å². The van der Waals surface area contributed by atoms with E-state index in [-0.39, 0.29) is 11.8 Å². The SMILES string of the molecule is CC(C)C[C@@H](N)C(=O)N[C@@H](C=O)C(C)C. The van der Waals surface area contributed by atoms with Crippen molar-refractivity contribution in [1.29, 1.82) is 0 Å². The van der Waals surface area contributed by atoms with Crippen LogP contribution in [0, 0.1) is 11.8 Å². The van der Waals surface area contributed by atoms with E-state index in [1.807, 2.05) is 27.7 Å². The molecular formula is C11H22N2O2. The summed E-state index contributed by atoms with van der Waals surface area (Å²) in [4.78, 5) is 22.2. The van der Waals surface area contributed by atoms with E-state index in [1.54, 1.807) is 0 Å². The second kappa shape index (κ2) is 6.56. The summed E-state index contributed by atoms with van der Waals surface area (Å²) in [5.41, 5.74) is 5.69. The minimum absolute atomic E-state index is 0.0951. The molecular weight excluding hydrogens is 192 g/mol. The Balaban J connectivity index is 4.16. The molecule has 0 aromatic rings. The van der Waals surface area contributed by atoms with Crippen molar-refractivity contribution >= 4 is 12.2 Å². The number of rotatable bonds is 6. The van der Waals surface area contributed by atoms with Crippen LogP contribution in [0.1, 0.15) is 34.1 Å². The normalized spacial score (nSPS) is 15.1. The molecule has 15 heavy (non-hydrogen) atoms. The predicted molar refractivity (Wildman–Crippen MR) is 60.3 cm³/mol. The zero-order valence-corrected chi connectivity index (χ0v) is 9.99. The molecule has 4 heteroatoms. The zero-order valence-electron chi connectivity index (χ0n) is 9.99. The molecule has 0 saturated heterocycles. The quantitative estimate of drug-likeness (QED) is 0.639. The fourth-order valence-electron chi connectivity index (χ4n) is 1.24. The third-order valence-corrected chi connectivity index (χ3v) is 2.24. The van der Waals surface area contributed by atoms with Gasteiger partial charge in [0.25, 0.3) is 0 Å². The van der Waals surface area contributed by atoms with Gasteiger partial charge in [-0.25, -0.2) is 0 Å². The van der Waals surface area contributed by atoms with Crippen LogP contribution in [0.3, 0.4) is 0 Å². The first-order valence-electron chi connectivity index (χ1n) is 5.39. The molecule has 0 aromatic carbocycles. The smallest absolute Gasteiger partial charge is 0.237 e. The third-order valence-electron chi connectivity index (χ3n) is 2.24. The summed E-state index contributed by atoms with van der Waals surface area (Å²) in [6, 6.07) is -0.957. The van der Waals surface area contributed by atoms with Gasteiger partial charge in [0.15, 0.2) is 0 Å². The fraction of sp³-hybridized carbons (Fsp3) is 0.818. The number of amides is 1. The first kappa shape index (κ1) is 14.1. The standard InChI is InChI=1S/C11H22N2O2/c1-7(2)5-9(12)11(15)13-10(6-14)8(3)4/h6-10H,5,12H2,1-4H3,(H,13,15)/t9-,10+/m1/s1. The maximum absolute atomic E-state index is 11.6. The molecule has 1 amide bonds. The summed E-state index contributed by atoms with van der Waals surface area (Å²) in [6.45, 7) is 7.78. The van der Waals surface area contributed by atoms with Gasteiger partial charge < -0.3 is 15.8 Å². The molecule has 0 spiro atoms. The topological polar surface area (TPSA) is 72.2 Å². The number of carbonyl (C=O) groups is 2. The Morgan fingerprint density at radius 2 is 1.87 bits per heavy atom. The van der Waals surface area contributed by atoms with Gasteiger partial charge in [0.2, 0.25) is 5.91 Å². The molecule has 3 N–H and O–H groups in total. The first-order chi connectivity index (χ1) is 6.88. The highest BCUT2D eigenvalue weighted by molar-refractivity contribution is 5.84. The number of nitrogens with one attached hydrogen (secondary N) is 1. The summed E-state index contributed by atoms with van der Waals surface area (Å²) in [5, 5.41) is 2.64. The Morgan fingerprint density at radius 1 is 1.33 bits per heavy atom. The number of aldehydes is 1. The predicted octanol–water partition coefficient (Wildman–Crippen LogP) is 0.699. The van der Waals surface area contributed by atoms with E-state index in [0.29, 0.717) is 12.3 Å². The average Bonchev–Trinajstić information content (AvgIpc) is 2.11. The van der Waals surface area contributed by atoms with Gasteiger partial charge in [0.1, 0.15) is 6.29 Å². The van der Waals surface area contributed by atoms with Gasteiger partial charge in [-0.1, -0.05) is 27.7 Å². The van der Waals surface area contributed by atoms with Crippen LogP contribution >= 0.6 is 0 Å². The second-order valence-electron chi connectivity index (χ2n) is 4.65. The molecule has 0 unspecified atom stereocenters. The van der Waals surface area contributed by atoms with Crippen LogP contribution in [0.25, 0.3) is 0 Å². The summed E-state index contributed by atoms with van der Waals surface area (Å²) in [7, 11) is 0. The van der Waals surface area contributed by atoms with Crippen LogP contribution in [0.15, 0.2) is 0 Å². The highest BCUT2D eigenvalue weighted by Gasteiger charge is 2.20. The van der Waals surface area contributed by atoms with Gasteiger partial charge in [0, 0.05) is 0 Å². The Morgan fingerprint density at radius 3 is 2.20 bits per heavy atom. The lowest BCUT2D eigenvalue weighted by Crippen LogP contribution is -2.48. The molecule has 0 aliphatic rings. The summed E-state index contributed by atoms with van der Waals surface area (Å²) < 4.78 is 0. The van der Waals surface area contributed by atoms with E-state index in [1.165, 1.54) is 0 Å². The van der Waals surface area contributed by atoms with Crippen molar-refractivity contribution < 1.29 is 9.59 Å². The Bertz CT molecular complexity index is 215. The molecule has 0 rings (SSSR count). The van der Waals surface area contributed by atoms with Crippen molar-refractivity contribution in [2.75, 3.05) is 0 Å². The Kier molecular flexibility index (Phi) is 6.17. The van der Waals surface area contributed by atoms with Gasteiger partial charge in [-0.15, -0.1) is 0 Å². The monoisotopic (exact) mass is 214 g/mol. The van der Waals surface area contributed by atoms with Crippen molar-refractivity contribution in [3.8, 4) is 0 Å². The summed E-state index contributed by atoms with van der Waals surface area (Å²) in [6.07, 6.45) is 1.39. The zero-order chi connectivity index (χ0) is 12.0. The third kappa shape index (κ3) is 5.52. The van der Waals surface area contributed by atoms with Crippen LogP contribution in [-0.4, -0.2) is 24.3 Å².